The number of benzene rings is 2. The Labute approximate surface area is 183 Å². The van der Waals surface area contributed by atoms with Crippen LogP contribution in [0.25, 0.3) is 0 Å². The summed E-state index contributed by atoms with van der Waals surface area (Å²) in [5.74, 6) is 1.30. The van der Waals surface area contributed by atoms with Crippen molar-refractivity contribution in [1.29, 1.82) is 0 Å². The number of carbonyl (C=O) groups excluding carboxylic acids is 1. The maximum Gasteiger partial charge on any atom is 0.252 e. The highest BCUT2D eigenvalue weighted by atomic mass is 32.2. The SMILES string of the molecule is CN(c1ccc([C@H]2CCNCC[C@@H]2COc2ccc3c(c2)C(=O)NC3)cc1)S(C)(=O)=O. The van der Waals surface area contributed by atoms with E-state index in [2.05, 4.69) is 10.6 Å². The van der Waals surface area contributed by atoms with E-state index in [0.717, 1.165) is 37.2 Å². The molecule has 1 saturated heterocycles. The topological polar surface area (TPSA) is 87.7 Å². The molecule has 7 nitrogen and oxygen atoms in total. The lowest BCUT2D eigenvalue weighted by molar-refractivity contribution is 0.0965. The predicted molar refractivity (Wildman–Crippen MR) is 121 cm³/mol. The van der Waals surface area contributed by atoms with Crippen LogP contribution in [0.3, 0.4) is 0 Å². The van der Waals surface area contributed by atoms with Crippen molar-refractivity contribution in [3.63, 3.8) is 0 Å². The van der Waals surface area contributed by atoms with Gasteiger partial charge < -0.3 is 15.4 Å². The first-order valence-electron chi connectivity index (χ1n) is 10.6. The van der Waals surface area contributed by atoms with Gasteiger partial charge in [-0.3, -0.25) is 9.10 Å². The van der Waals surface area contributed by atoms with Gasteiger partial charge in [-0.2, -0.15) is 0 Å². The van der Waals surface area contributed by atoms with Crippen LogP contribution in [0.2, 0.25) is 0 Å². The van der Waals surface area contributed by atoms with Crippen LogP contribution in [-0.4, -0.2) is 47.3 Å². The monoisotopic (exact) mass is 443 g/mol. The molecule has 2 aromatic carbocycles. The molecular formula is C23H29N3O4S. The third-order valence-corrected chi connectivity index (χ3v) is 7.51. The Morgan fingerprint density at radius 3 is 2.58 bits per heavy atom. The highest BCUT2D eigenvalue weighted by Crippen LogP contribution is 2.34. The zero-order valence-electron chi connectivity index (χ0n) is 17.9. The van der Waals surface area contributed by atoms with E-state index in [9.17, 15) is 13.2 Å². The average molecular weight is 444 g/mol. The first-order valence-corrected chi connectivity index (χ1v) is 12.5. The molecule has 166 valence electrons. The van der Waals surface area contributed by atoms with Gasteiger partial charge in [0.15, 0.2) is 0 Å². The quantitative estimate of drug-likeness (QED) is 0.716. The summed E-state index contributed by atoms with van der Waals surface area (Å²) in [5.41, 5.74) is 3.55. The Morgan fingerprint density at radius 1 is 1.10 bits per heavy atom. The van der Waals surface area contributed by atoms with Crippen molar-refractivity contribution >= 4 is 21.6 Å². The lowest BCUT2D eigenvalue weighted by atomic mass is 9.83. The molecule has 4 rings (SSSR count). The number of ether oxygens (including phenoxy) is 1. The second-order valence-electron chi connectivity index (χ2n) is 8.33. The van der Waals surface area contributed by atoms with Crippen LogP contribution >= 0.6 is 0 Å². The summed E-state index contributed by atoms with van der Waals surface area (Å²) in [6.45, 7) is 3.02. The van der Waals surface area contributed by atoms with Crippen molar-refractivity contribution in [3.8, 4) is 5.75 Å². The Bertz CT molecular complexity index is 1050. The van der Waals surface area contributed by atoms with E-state index in [1.54, 1.807) is 7.05 Å². The van der Waals surface area contributed by atoms with Gasteiger partial charge in [0, 0.05) is 25.1 Å². The molecule has 2 aromatic rings. The second-order valence-corrected chi connectivity index (χ2v) is 10.3. The maximum atomic E-state index is 11.9. The number of anilines is 1. The van der Waals surface area contributed by atoms with E-state index in [0.29, 0.717) is 36.2 Å². The number of amides is 1. The molecule has 2 aliphatic heterocycles. The van der Waals surface area contributed by atoms with E-state index >= 15 is 0 Å². The molecule has 0 spiro atoms. The molecule has 2 N–H and O–H groups in total. The van der Waals surface area contributed by atoms with Crippen molar-refractivity contribution in [2.75, 3.05) is 37.3 Å². The number of nitrogens with one attached hydrogen (secondary N) is 2. The minimum atomic E-state index is -3.28. The summed E-state index contributed by atoms with van der Waals surface area (Å²) in [6, 6.07) is 13.5. The van der Waals surface area contributed by atoms with Crippen LogP contribution in [0.1, 0.15) is 40.2 Å². The highest BCUT2D eigenvalue weighted by Gasteiger charge is 2.27. The Balaban J connectivity index is 1.49. The van der Waals surface area contributed by atoms with E-state index < -0.39 is 10.0 Å². The molecule has 1 amide bonds. The van der Waals surface area contributed by atoms with Crippen molar-refractivity contribution in [2.24, 2.45) is 5.92 Å². The summed E-state index contributed by atoms with van der Waals surface area (Å²) in [7, 11) is -1.72. The largest absolute Gasteiger partial charge is 0.493 e. The van der Waals surface area contributed by atoms with Crippen LogP contribution in [0.5, 0.6) is 5.75 Å². The van der Waals surface area contributed by atoms with Gasteiger partial charge in [-0.25, -0.2) is 8.42 Å². The predicted octanol–water partition coefficient (Wildman–Crippen LogP) is 2.49. The summed E-state index contributed by atoms with van der Waals surface area (Å²) in [6.07, 6.45) is 3.18. The van der Waals surface area contributed by atoms with Gasteiger partial charge in [-0.15, -0.1) is 0 Å². The number of fused-ring (bicyclic) bond motifs is 1. The molecule has 0 saturated carbocycles. The van der Waals surface area contributed by atoms with E-state index in [-0.39, 0.29) is 5.91 Å². The number of sulfonamides is 1. The smallest absolute Gasteiger partial charge is 0.252 e. The molecule has 8 heteroatoms. The van der Waals surface area contributed by atoms with Crippen LogP contribution < -0.4 is 19.7 Å². The third-order valence-electron chi connectivity index (χ3n) is 6.30. The minimum absolute atomic E-state index is 0.0452. The van der Waals surface area contributed by atoms with Gasteiger partial charge in [-0.05, 0) is 67.2 Å². The van der Waals surface area contributed by atoms with Crippen LogP contribution in [0, 0.1) is 5.92 Å². The zero-order chi connectivity index (χ0) is 22.0. The van der Waals surface area contributed by atoms with E-state index in [1.807, 2.05) is 42.5 Å². The van der Waals surface area contributed by atoms with Crippen LogP contribution in [0.4, 0.5) is 5.69 Å². The lowest BCUT2D eigenvalue weighted by Crippen LogP contribution is -2.25. The third kappa shape index (κ3) is 4.85. The van der Waals surface area contributed by atoms with Crippen molar-refractivity contribution in [3.05, 3.63) is 59.2 Å². The van der Waals surface area contributed by atoms with Crippen molar-refractivity contribution in [2.45, 2.75) is 25.3 Å². The minimum Gasteiger partial charge on any atom is -0.493 e. The summed E-state index contributed by atoms with van der Waals surface area (Å²) >= 11 is 0. The van der Waals surface area contributed by atoms with Gasteiger partial charge in [-0.1, -0.05) is 18.2 Å². The van der Waals surface area contributed by atoms with Gasteiger partial charge in [0.25, 0.3) is 5.91 Å². The molecule has 31 heavy (non-hydrogen) atoms. The van der Waals surface area contributed by atoms with Gasteiger partial charge in [0.1, 0.15) is 5.75 Å². The van der Waals surface area contributed by atoms with E-state index in [1.165, 1.54) is 16.1 Å². The number of rotatable bonds is 6. The fourth-order valence-electron chi connectivity index (χ4n) is 4.35. The normalized spacial score (nSPS) is 21.2. The van der Waals surface area contributed by atoms with Crippen molar-refractivity contribution < 1.29 is 17.9 Å². The molecule has 2 aliphatic rings. The molecule has 0 aromatic heterocycles. The van der Waals surface area contributed by atoms with Crippen molar-refractivity contribution in [1.82, 2.24) is 10.6 Å². The Hall–Kier alpha value is -2.58. The number of hydrogen-bond donors (Lipinski definition) is 2. The molecule has 2 heterocycles. The number of hydrogen-bond acceptors (Lipinski definition) is 5. The highest BCUT2D eigenvalue weighted by molar-refractivity contribution is 7.92. The lowest BCUT2D eigenvalue weighted by Gasteiger charge is -2.26. The molecule has 0 unspecified atom stereocenters. The molecule has 2 atom stereocenters. The van der Waals surface area contributed by atoms with Crippen LogP contribution in [-0.2, 0) is 16.6 Å². The fraction of sp³-hybridized carbons (Fsp3) is 0.435. The Morgan fingerprint density at radius 2 is 1.84 bits per heavy atom. The van der Waals surface area contributed by atoms with Gasteiger partial charge >= 0.3 is 0 Å². The van der Waals surface area contributed by atoms with Crippen LogP contribution in [0.15, 0.2) is 42.5 Å². The molecule has 0 aliphatic carbocycles. The summed E-state index contributed by atoms with van der Waals surface area (Å²) in [4.78, 5) is 11.9. The first-order chi connectivity index (χ1) is 14.8. The van der Waals surface area contributed by atoms with Gasteiger partial charge in [0.2, 0.25) is 10.0 Å². The molecule has 1 fully saturated rings. The maximum absolute atomic E-state index is 11.9. The molecule has 0 radical (unpaired) electrons. The number of carbonyl (C=O) groups is 1. The Kier molecular flexibility index (Phi) is 6.20. The summed E-state index contributed by atoms with van der Waals surface area (Å²) in [5, 5.41) is 6.30. The zero-order valence-corrected chi connectivity index (χ0v) is 18.7. The number of nitrogens with zero attached hydrogens (tertiary/aromatic N) is 1. The fourth-order valence-corrected chi connectivity index (χ4v) is 4.86. The molecular weight excluding hydrogens is 414 g/mol. The van der Waals surface area contributed by atoms with Gasteiger partial charge in [0.05, 0.1) is 18.6 Å². The van der Waals surface area contributed by atoms with E-state index in [4.69, 9.17) is 4.74 Å². The molecule has 0 bridgehead atoms. The second kappa shape index (κ2) is 8.88. The standard InChI is InChI=1S/C23H29N3O4S/c1-26(31(2,28)29)19-6-3-16(4-7-19)21-10-12-24-11-9-18(21)15-30-20-8-5-17-14-25-23(27)22(17)13-20/h3-8,13,18,21,24H,9-12,14-15H2,1-2H3,(H,25,27)/t18-,21-/m1/s1. The summed E-state index contributed by atoms with van der Waals surface area (Å²) < 4.78 is 31.0. The average Bonchev–Trinajstić information content (AvgIpc) is 2.97. The first kappa shape index (κ1) is 21.6.